The molecule has 0 aliphatic carbocycles. The number of alkyl halides is 3. The Kier molecular flexibility index (Phi) is 8.30. The number of nitrogens with zero attached hydrogens (tertiary/aromatic N) is 2. The molecule has 9 heteroatoms. The molecule has 0 N–H and O–H groups in total. The topological polar surface area (TPSA) is 53.4 Å². The molecule has 0 spiro atoms. The maximum atomic E-state index is 12.9. The number of aromatic nitrogens is 2. The van der Waals surface area contributed by atoms with Crippen molar-refractivity contribution in [3.05, 3.63) is 71.0 Å². The molecule has 0 radical (unpaired) electrons. The quantitative estimate of drug-likeness (QED) is 0.246. The van der Waals surface area contributed by atoms with E-state index in [0.717, 1.165) is 40.3 Å². The SMILES string of the molecule is CCOC(=O)COc1ccc(SC(CC)c2cn(-c3ccc(C(F)(F)F)cc3)nc2C)cc1C. The van der Waals surface area contributed by atoms with Crippen LogP contribution in [0.15, 0.2) is 53.6 Å². The number of thioether (sulfide) groups is 1. The van der Waals surface area contributed by atoms with Crippen molar-refractivity contribution in [3.8, 4) is 11.4 Å². The van der Waals surface area contributed by atoms with Crippen molar-refractivity contribution in [2.24, 2.45) is 0 Å². The molecule has 1 unspecified atom stereocenters. The lowest BCUT2D eigenvalue weighted by molar-refractivity contribution is -0.145. The van der Waals surface area contributed by atoms with E-state index in [4.69, 9.17) is 9.47 Å². The van der Waals surface area contributed by atoms with Crippen LogP contribution in [0.2, 0.25) is 0 Å². The fourth-order valence-electron chi connectivity index (χ4n) is 3.45. The van der Waals surface area contributed by atoms with Crippen LogP contribution < -0.4 is 4.74 Å². The van der Waals surface area contributed by atoms with Crippen molar-refractivity contribution >= 4 is 17.7 Å². The molecule has 1 heterocycles. The lowest BCUT2D eigenvalue weighted by Gasteiger charge is -2.15. The largest absolute Gasteiger partial charge is 0.482 e. The van der Waals surface area contributed by atoms with Crippen LogP contribution in [-0.2, 0) is 15.7 Å². The zero-order valence-corrected chi connectivity index (χ0v) is 20.3. The van der Waals surface area contributed by atoms with Crippen LogP contribution in [-0.4, -0.2) is 29.0 Å². The van der Waals surface area contributed by atoms with E-state index in [1.54, 1.807) is 23.4 Å². The third-order valence-electron chi connectivity index (χ3n) is 5.19. The number of carbonyl (C=O) groups is 1. The number of aryl methyl sites for hydroxylation is 2. The summed E-state index contributed by atoms with van der Waals surface area (Å²) >= 11 is 1.68. The maximum Gasteiger partial charge on any atom is 0.416 e. The van der Waals surface area contributed by atoms with E-state index in [2.05, 4.69) is 12.0 Å². The van der Waals surface area contributed by atoms with Gasteiger partial charge in [0.05, 0.1) is 23.6 Å². The van der Waals surface area contributed by atoms with Crippen LogP contribution in [0.1, 0.15) is 47.9 Å². The van der Waals surface area contributed by atoms with E-state index >= 15 is 0 Å². The zero-order valence-electron chi connectivity index (χ0n) is 19.5. The Morgan fingerprint density at radius 1 is 1.12 bits per heavy atom. The first-order valence-corrected chi connectivity index (χ1v) is 11.8. The molecular formula is C25H27F3N2O3S. The summed E-state index contributed by atoms with van der Waals surface area (Å²) in [6.45, 7) is 7.81. The third kappa shape index (κ3) is 6.34. The lowest BCUT2D eigenvalue weighted by atomic mass is 10.1. The standard InChI is InChI=1S/C25H27F3N2O3S/c1-5-23(34-20-11-12-22(16(3)13-20)33-15-24(31)32-6-2)21-14-30(29-17(21)4)19-9-7-18(8-10-19)25(26,27)28/h7-14,23H,5-6,15H2,1-4H3. The van der Waals surface area contributed by atoms with Gasteiger partial charge in [-0.25, -0.2) is 9.48 Å². The maximum absolute atomic E-state index is 12.9. The zero-order chi connectivity index (χ0) is 24.9. The van der Waals surface area contributed by atoms with Crippen molar-refractivity contribution < 1.29 is 27.4 Å². The summed E-state index contributed by atoms with van der Waals surface area (Å²) in [4.78, 5) is 12.6. The van der Waals surface area contributed by atoms with Gasteiger partial charge in [0, 0.05) is 21.9 Å². The average molecular weight is 493 g/mol. The van der Waals surface area contributed by atoms with Crippen molar-refractivity contribution in [2.45, 2.75) is 50.4 Å². The van der Waals surface area contributed by atoms with Crippen LogP contribution in [0.3, 0.4) is 0 Å². The number of carbonyl (C=O) groups excluding carboxylic acids is 1. The molecule has 34 heavy (non-hydrogen) atoms. The second-order valence-electron chi connectivity index (χ2n) is 7.69. The van der Waals surface area contributed by atoms with E-state index in [9.17, 15) is 18.0 Å². The van der Waals surface area contributed by atoms with Gasteiger partial charge in [-0.1, -0.05) is 6.92 Å². The Bertz CT molecular complexity index is 1130. The van der Waals surface area contributed by atoms with Gasteiger partial charge in [0.15, 0.2) is 6.61 Å². The predicted octanol–water partition coefficient (Wildman–Crippen LogP) is 6.69. The fraction of sp³-hybridized carbons (Fsp3) is 0.360. The third-order valence-corrected chi connectivity index (χ3v) is 6.59. The highest BCUT2D eigenvalue weighted by Gasteiger charge is 2.30. The number of rotatable bonds is 9. The first kappa shape index (κ1) is 25.7. The van der Waals surface area contributed by atoms with Crippen LogP contribution >= 0.6 is 11.8 Å². The fourth-order valence-corrected chi connectivity index (χ4v) is 4.70. The molecule has 182 valence electrons. The molecule has 0 bridgehead atoms. The summed E-state index contributed by atoms with van der Waals surface area (Å²) in [5.74, 6) is 0.212. The van der Waals surface area contributed by atoms with Crippen LogP contribution in [0.25, 0.3) is 5.69 Å². The second kappa shape index (κ2) is 11.0. The molecule has 1 aromatic heterocycles. The van der Waals surface area contributed by atoms with Gasteiger partial charge in [-0.2, -0.15) is 18.3 Å². The van der Waals surface area contributed by atoms with Gasteiger partial charge >= 0.3 is 12.1 Å². The smallest absolute Gasteiger partial charge is 0.416 e. The van der Waals surface area contributed by atoms with E-state index < -0.39 is 17.7 Å². The van der Waals surface area contributed by atoms with E-state index in [0.29, 0.717) is 18.0 Å². The van der Waals surface area contributed by atoms with Gasteiger partial charge in [0.1, 0.15) is 5.75 Å². The Morgan fingerprint density at radius 2 is 1.82 bits per heavy atom. The Hall–Kier alpha value is -2.94. The van der Waals surface area contributed by atoms with Crippen molar-refractivity contribution in [1.82, 2.24) is 9.78 Å². The molecule has 0 aliphatic heterocycles. The normalized spacial score (nSPS) is 12.4. The predicted molar refractivity (Wildman–Crippen MR) is 125 cm³/mol. The summed E-state index contributed by atoms with van der Waals surface area (Å²) in [5, 5.41) is 4.63. The Labute approximate surface area is 201 Å². The van der Waals surface area contributed by atoms with Crippen LogP contribution in [0.5, 0.6) is 5.75 Å². The molecule has 0 fully saturated rings. The summed E-state index contributed by atoms with van der Waals surface area (Å²) < 4.78 is 50.6. The summed E-state index contributed by atoms with van der Waals surface area (Å²) in [5.41, 5.74) is 2.63. The van der Waals surface area contributed by atoms with Gasteiger partial charge < -0.3 is 9.47 Å². The molecule has 0 aliphatic rings. The molecule has 3 aromatic rings. The van der Waals surface area contributed by atoms with Crippen LogP contribution in [0.4, 0.5) is 13.2 Å². The highest BCUT2D eigenvalue weighted by Crippen LogP contribution is 2.40. The van der Waals surface area contributed by atoms with Gasteiger partial charge in [0.25, 0.3) is 0 Å². The van der Waals surface area contributed by atoms with Gasteiger partial charge in [-0.15, -0.1) is 11.8 Å². The average Bonchev–Trinajstić information content (AvgIpc) is 3.18. The minimum atomic E-state index is -4.37. The molecule has 0 saturated carbocycles. The number of esters is 1. The summed E-state index contributed by atoms with van der Waals surface area (Å²) in [7, 11) is 0. The summed E-state index contributed by atoms with van der Waals surface area (Å²) in [6.07, 6.45) is -1.65. The Morgan fingerprint density at radius 3 is 2.41 bits per heavy atom. The molecule has 1 atom stereocenters. The van der Waals surface area contributed by atoms with Crippen LogP contribution in [0, 0.1) is 13.8 Å². The Balaban J connectivity index is 1.74. The van der Waals surface area contributed by atoms with Gasteiger partial charge in [0.2, 0.25) is 0 Å². The molecule has 0 saturated heterocycles. The van der Waals surface area contributed by atoms with E-state index in [1.807, 2.05) is 38.2 Å². The minimum absolute atomic E-state index is 0.105. The number of hydrogen-bond donors (Lipinski definition) is 0. The number of ether oxygens (including phenoxy) is 2. The van der Waals surface area contributed by atoms with Crippen molar-refractivity contribution in [3.63, 3.8) is 0 Å². The first-order chi connectivity index (χ1) is 16.1. The van der Waals surface area contributed by atoms with Gasteiger partial charge in [-0.3, -0.25) is 0 Å². The molecular weight excluding hydrogens is 465 g/mol. The van der Waals surface area contributed by atoms with E-state index in [1.165, 1.54) is 12.1 Å². The molecule has 2 aromatic carbocycles. The molecule has 0 amide bonds. The summed E-state index contributed by atoms with van der Waals surface area (Å²) in [6, 6.07) is 10.7. The minimum Gasteiger partial charge on any atom is -0.482 e. The van der Waals surface area contributed by atoms with Crippen molar-refractivity contribution in [1.29, 1.82) is 0 Å². The van der Waals surface area contributed by atoms with E-state index in [-0.39, 0.29) is 11.9 Å². The first-order valence-electron chi connectivity index (χ1n) is 10.9. The number of halogens is 3. The molecule has 3 rings (SSSR count). The van der Waals surface area contributed by atoms with Gasteiger partial charge in [-0.05, 0) is 75.2 Å². The second-order valence-corrected chi connectivity index (χ2v) is 8.97. The van der Waals surface area contributed by atoms with Crippen molar-refractivity contribution in [2.75, 3.05) is 13.2 Å². The number of benzene rings is 2. The highest BCUT2D eigenvalue weighted by molar-refractivity contribution is 7.99. The highest BCUT2D eigenvalue weighted by atomic mass is 32.2. The molecule has 5 nitrogen and oxygen atoms in total. The lowest BCUT2D eigenvalue weighted by Crippen LogP contribution is -2.14. The number of hydrogen-bond acceptors (Lipinski definition) is 5. The monoisotopic (exact) mass is 492 g/mol.